The maximum absolute atomic E-state index is 12.4. The number of thioether (sulfide) groups is 1. The van der Waals surface area contributed by atoms with E-state index < -0.39 is 0 Å². The summed E-state index contributed by atoms with van der Waals surface area (Å²) in [4.78, 5) is 21.5. The molecular formula is C19H20N4OS. The van der Waals surface area contributed by atoms with Gasteiger partial charge in [0.25, 0.3) is 0 Å². The molecule has 2 aromatic carbocycles. The van der Waals surface area contributed by atoms with Gasteiger partial charge < -0.3 is 10.6 Å². The molecule has 0 aliphatic heterocycles. The summed E-state index contributed by atoms with van der Waals surface area (Å²) in [5.41, 5.74) is 1.65. The van der Waals surface area contributed by atoms with E-state index in [1.807, 2.05) is 68.4 Å². The molecule has 1 aromatic heterocycles. The van der Waals surface area contributed by atoms with E-state index in [1.165, 1.54) is 11.8 Å². The molecule has 1 heterocycles. The topological polar surface area (TPSA) is 66.9 Å². The van der Waals surface area contributed by atoms with Gasteiger partial charge in [0.05, 0.1) is 10.8 Å². The maximum atomic E-state index is 12.4. The number of anilines is 2. The van der Waals surface area contributed by atoms with Gasteiger partial charge in [-0.1, -0.05) is 42.1 Å². The highest BCUT2D eigenvalue weighted by Gasteiger charge is 2.17. The SMILES string of the molecule is CCNc1nc(SC(C)C(=O)Nc2ccccc2)nc2ccccc12. The zero-order chi connectivity index (χ0) is 17.6. The van der Waals surface area contributed by atoms with Crippen LogP contribution in [0.2, 0.25) is 0 Å². The van der Waals surface area contributed by atoms with E-state index in [4.69, 9.17) is 0 Å². The van der Waals surface area contributed by atoms with Crippen LogP contribution in [0.25, 0.3) is 10.9 Å². The molecule has 0 radical (unpaired) electrons. The standard InChI is InChI=1S/C19H20N4OS/c1-3-20-17-15-11-7-8-12-16(15)22-19(23-17)25-13(2)18(24)21-14-9-5-4-6-10-14/h4-13H,3H2,1-2H3,(H,21,24)(H,20,22,23). The molecular weight excluding hydrogens is 332 g/mol. The number of rotatable bonds is 6. The first kappa shape index (κ1) is 17.2. The van der Waals surface area contributed by atoms with Crippen molar-refractivity contribution in [3.8, 4) is 0 Å². The Bertz CT molecular complexity index is 870. The summed E-state index contributed by atoms with van der Waals surface area (Å²) < 4.78 is 0. The van der Waals surface area contributed by atoms with Crippen molar-refractivity contribution in [3.63, 3.8) is 0 Å². The zero-order valence-corrected chi connectivity index (χ0v) is 15.0. The van der Waals surface area contributed by atoms with Gasteiger partial charge in [0.15, 0.2) is 5.16 Å². The Hall–Kier alpha value is -2.60. The highest BCUT2D eigenvalue weighted by atomic mass is 32.2. The molecule has 0 bridgehead atoms. The molecule has 6 heteroatoms. The number of nitrogens with one attached hydrogen (secondary N) is 2. The van der Waals surface area contributed by atoms with Gasteiger partial charge in [0.2, 0.25) is 5.91 Å². The number of hydrogen-bond donors (Lipinski definition) is 2. The summed E-state index contributed by atoms with van der Waals surface area (Å²) in [5, 5.41) is 7.44. The molecule has 0 saturated heterocycles. The molecule has 1 amide bonds. The predicted molar refractivity (Wildman–Crippen MR) is 104 cm³/mol. The van der Waals surface area contributed by atoms with Crippen molar-refractivity contribution in [2.24, 2.45) is 0 Å². The molecule has 0 saturated carbocycles. The number of hydrogen-bond acceptors (Lipinski definition) is 5. The minimum atomic E-state index is -0.309. The van der Waals surface area contributed by atoms with Crippen molar-refractivity contribution in [2.45, 2.75) is 24.3 Å². The van der Waals surface area contributed by atoms with Crippen molar-refractivity contribution < 1.29 is 4.79 Å². The van der Waals surface area contributed by atoms with Gasteiger partial charge in [-0.15, -0.1) is 0 Å². The summed E-state index contributed by atoms with van der Waals surface area (Å²) in [6.45, 7) is 4.66. The Morgan fingerprint density at radius 1 is 1.08 bits per heavy atom. The van der Waals surface area contributed by atoms with E-state index in [2.05, 4.69) is 20.6 Å². The van der Waals surface area contributed by atoms with Gasteiger partial charge in [-0.3, -0.25) is 4.79 Å². The van der Waals surface area contributed by atoms with Gasteiger partial charge in [-0.05, 0) is 38.1 Å². The number of para-hydroxylation sites is 2. The fourth-order valence-electron chi connectivity index (χ4n) is 2.39. The van der Waals surface area contributed by atoms with E-state index in [9.17, 15) is 4.79 Å². The average Bonchev–Trinajstić information content (AvgIpc) is 2.63. The molecule has 0 aliphatic rings. The fraction of sp³-hybridized carbons (Fsp3) is 0.211. The molecule has 2 N–H and O–H groups in total. The van der Waals surface area contributed by atoms with E-state index in [-0.39, 0.29) is 11.2 Å². The second kappa shape index (κ2) is 7.98. The monoisotopic (exact) mass is 352 g/mol. The van der Waals surface area contributed by atoms with Crippen molar-refractivity contribution >= 4 is 40.1 Å². The third-order valence-corrected chi connectivity index (χ3v) is 4.58. The number of nitrogens with zero attached hydrogens (tertiary/aromatic N) is 2. The van der Waals surface area contributed by atoms with Crippen molar-refractivity contribution in [3.05, 3.63) is 54.6 Å². The summed E-state index contributed by atoms with van der Waals surface area (Å²) in [5.74, 6) is 0.726. The highest BCUT2D eigenvalue weighted by molar-refractivity contribution is 8.00. The first-order chi connectivity index (χ1) is 12.2. The lowest BCUT2D eigenvalue weighted by Crippen LogP contribution is -2.22. The predicted octanol–water partition coefficient (Wildman–Crippen LogP) is 4.18. The van der Waals surface area contributed by atoms with Crippen molar-refractivity contribution in [2.75, 3.05) is 17.2 Å². The third-order valence-electron chi connectivity index (χ3n) is 3.62. The largest absolute Gasteiger partial charge is 0.370 e. The van der Waals surface area contributed by atoms with Crippen LogP contribution >= 0.6 is 11.8 Å². The number of amides is 1. The summed E-state index contributed by atoms with van der Waals surface area (Å²) >= 11 is 1.35. The van der Waals surface area contributed by atoms with Gasteiger partial charge >= 0.3 is 0 Å². The van der Waals surface area contributed by atoms with Gasteiger partial charge in [0, 0.05) is 17.6 Å². The summed E-state index contributed by atoms with van der Waals surface area (Å²) in [7, 11) is 0. The van der Waals surface area contributed by atoms with Crippen LogP contribution in [0.1, 0.15) is 13.8 Å². The van der Waals surface area contributed by atoms with Crippen LogP contribution in [0.3, 0.4) is 0 Å². The molecule has 3 rings (SSSR count). The molecule has 128 valence electrons. The van der Waals surface area contributed by atoms with E-state index >= 15 is 0 Å². The fourth-order valence-corrected chi connectivity index (χ4v) is 3.16. The zero-order valence-electron chi connectivity index (χ0n) is 14.2. The van der Waals surface area contributed by atoms with Crippen molar-refractivity contribution in [1.82, 2.24) is 9.97 Å². The summed E-state index contributed by atoms with van der Waals surface area (Å²) in [6, 6.07) is 17.3. The Kier molecular flexibility index (Phi) is 5.50. The Balaban J connectivity index is 1.78. The van der Waals surface area contributed by atoms with E-state index in [0.29, 0.717) is 5.16 Å². The van der Waals surface area contributed by atoms with Crippen LogP contribution in [0.5, 0.6) is 0 Å². The molecule has 1 atom stereocenters. The molecule has 1 unspecified atom stereocenters. The molecule has 5 nitrogen and oxygen atoms in total. The third kappa shape index (κ3) is 4.28. The van der Waals surface area contributed by atoms with Crippen LogP contribution in [0.15, 0.2) is 59.8 Å². The smallest absolute Gasteiger partial charge is 0.237 e. The minimum Gasteiger partial charge on any atom is -0.370 e. The first-order valence-corrected chi connectivity index (χ1v) is 9.08. The van der Waals surface area contributed by atoms with E-state index in [0.717, 1.165) is 29.0 Å². The number of carbonyl (C=O) groups excluding carboxylic acids is 1. The van der Waals surface area contributed by atoms with Crippen LogP contribution in [0.4, 0.5) is 11.5 Å². The van der Waals surface area contributed by atoms with Crippen LogP contribution < -0.4 is 10.6 Å². The number of carbonyl (C=O) groups is 1. The van der Waals surface area contributed by atoms with Gasteiger partial charge in [0.1, 0.15) is 5.82 Å². The Labute approximate surface area is 151 Å². The lowest BCUT2D eigenvalue weighted by molar-refractivity contribution is -0.115. The van der Waals surface area contributed by atoms with Gasteiger partial charge in [-0.2, -0.15) is 0 Å². The second-order valence-corrected chi connectivity index (χ2v) is 6.83. The lowest BCUT2D eigenvalue weighted by Gasteiger charge is -2.13. The Morgan fingerprint density at radius 2 is 1.80 bits per heavy atom. The first-order valence-electron chi connectivity index (χ1n) is 8.20. The quantitative estimate of drug-likeness (QED) is 0.514. The van der Waals surface area contributed by atoms with Crippen LogP contribution in [-0.4, -0.2) is 27.7 Å². The summed E-state index contributed by atoms with van der Waals surface area (Å²) in [6.07, 6.45) is 0. The average molecular weight is 352 g/mol. The Morgan fingerprint density at radius 3 is 2.56 bits per heavy atom. The van der Waals surface area contributed by atoms with E-state index in [1.54, 1.807) is 0 Å². The molecule has 0 spiro atoms. The molecule has 0 fully saturated rings. The minimum absolute atomic E-state index is 0.0713. The van der Waals surface area contributed by atoms with Crippen LogP contribution in [-0.2, 0) is 4.79 Å². The maximum Gasteiger partial charge on any atom is 0.237 e. The lowest BCUT2D eigenvalue weighted by atomic mass is 10.2. The normalized spacial score (nSPS) is 11.9. The van der Waals surface area contributed by atoms with Crippen LogP contribution in [0, 0.1) is 0 Å². The number of fused-ring (bicyclic) bond motifs is 1. The van der Waals surface area contributed by atoms with Crippen molar-refractivity contribution in [1.29, 1.82) is 0 Å². The molecule has 3 aromatic rings. The second-order valence-electron chi connectivity index (χ2n) is 5.52. The highest BCUT2D eigenvalue weighted by Crippen LogP contribution is 2.27. The van der Waals surface area contributed by atoms with Gasteiger partial charge in [-0.25, -0.2) is 9.97 Å². The molecule has 0 aliphatic carbocycles. The molecule has 25 heavy (non-hydrogen) atoms. The number of aromatic nitrogens is 2. The number of benzene rings is 2.